The van der Waals surface area contributed by atoms with Gasteiger partial charge in [0.05, 0.1) is 35.9 Å². The average molecular weight is 561 g/mol. The van der Waals surface area contributed by atoms with Crippen molar-refractivity contribution in [3.05, 3.63) is 11.8 Å². The van der Waals surface area contributed by atoms with Crippen LogP contribution < -0.4 is 10.6 Å². The molecule has 10 atom stereocenters. The third-order valence-electron chi connectivity index (χ3n) is 11.1. The lowest BCUT2D eigenvalue weighted by Crippen LogP contribution is -2.73. The zero-order valence-electron chi connectivity index (χ0n) is 24.1. The smallest absolute Gasteiger partial charge is 0.256 e. The maximum atomic E-state index is 15.8. The highest BCUT2D eigenvalue weighted by molar-refractivity contribution is 6.20. The molecule has 0 aromatic rings. The lowest BCUT2D eigenvalue weighted by Gasteiger charge is -2.61. The van der Waals surface area contributed by atoms with Crippen LogP contribution in [0.3, 0.4) is 0 Å². The van der Waals surface area contributed by atoms with Gasteiger partial charge in [-0.1, -0.05) is 25.7 Å². The Labute approximate surface area is 238 Å². The van der Waals surface area contributed by atoms with E-state index in [0.717, 1.165) is 38.6 Å². The van der Waals surface area contributed by atoms with Gasteiger partial charge in [-0.3, -0.25) is 9.59 Å². The van der Waals surface area contributed by atoms with Gasteiger partial charge < -0.3 is 30.3 Å². The third kappa shape index (κ3) is 5.48. The van der Waals surface area contributed by atoms with Crippen LogP contribution >= 0.6 is 0 Å². The van der Waals surface area contributed by atoms with Gasteiger partial charge in [0.1, 0.15) is 6.17 Å². The van der Waals surface area contributed by atoms with Gasteiger partial charge in [-0.15, -0.1) is 0 Å². The number of carbonyl (C=O) groups is 2. The summed E-state index contributed by atoms with van der Waals surface area (Å²) >= 11 is 0. The number of amides is 1. The first kappa shape index (κ1) is 28.6. The Kier molecular flexibility index (Phi) is 8.83. The highest BCUT2D eigenvalue weighted by Crippen LogP contribution is 2.50. The molecule has 5 fully saturated rings. The van der Waals surface area contributed by atoms with Crippen LogP contribution in [0.1, 0.15) is 77.0 Å². The number of unbranched alkanes of at least 4 members (excludes halogenated alkanes) is 1. The third-order valence-corrected chi connectivity index (χ3v) is 11.1. The SMILES string of the molecule is CN1CCCC1CCNC(=O)C1=CN2C3CC4CCCCC4CC3OC3C(NCCCCO)C(F)CC(C1=O)C32. The Bertz CT molecular complexity index is 964. The van der Waals surface area contributed by atoms with Crippen molar-refractivity contribution in [1.82, 2.24) is 20.4 Å². The molecule has 9 heteroatoms. The van der Waals surface area contributed by atoms with E-state index in [9.17, 15) is 14.7 Å². The first-order valence-corrected chi connectivity index (χ1v) is 16.1. The molecule has 3 saturated carbocycles. The van der Waals surface area contributed by atoms with Gasteiger partial charge in [0, 0.05) is 31.3 Å². The van der Waals surface area contributed by atoms with E-state index in [1.54, 1.807) is 0 Å². The number of halogens is 1. The number of nitrogens with zero attached hydrogens (tertiary/aromatic N) is 2. The van der Waals surface area contributed by atoms with E-state index in [1.165, 1.54) is 32.1 Å². The number of hydrogen-bond acceptors (Lipinski definition) is 7. The number of ether oxygens (including phenoxy) is 1. The van der Waals surface area contributed by atoms with Crippen LogP contribution in [0.5, 0.6) is 0 Å². The first-order chi connectivity index (χ1) is 19.5. The standard InChI is InChI=1S/C31H49FN4O4/c1-35-13-6-9-21(35)10-12-34-31(39)23-18-36-25-15-19-7-2-3-8-20(19)16-26(25)40-30-27(33-11-4-5-14-37)24(32)17-22(28(30)36)29(23)38/h18-22,24-28,30,33,37H,2-17H2,1H3,(H,34,39). The molecule has 224 valence electrons. The Morgan fingerprint density at radius 1 is 1.10 bits per heavy atom. The molecule has 6 aliphatic rings. The Morgan fingerprint density at radius 3 is 2.65 bits per heavy atom. The summed E-state index contributed by atoms with van der Waals surface area (Å²) in [5.41, 5.74) is 0.202. The zero-order chi connectivity index (χ0) is 27.8. The van der Waals surface area contributed by atoms with Gasteiger partial charge >= 0.3 is 0 Å². The summed E-state index contributed by atoms with van der Waals surface area (Å²) in [6.45, 7) is 2.36. The summed E-state index contributed by atoms with van der Waals surface area (Å²) < 4.78 is 22.7. The van der Waals surface area contributed by atoms with Crippen molar-refractivity contribution in [2.24, 2.45) is 17.8 Å². The number of aliphatic hydroxyl groups excluding tert-OH is 1. The molecule has 2 saturated heterocycles. The topological polar surface area (TPSA) is 94.1 Å². The number of likely N-dealkylation sites (tertiary alicyclic amines) is 1. The minimum Gasteiger partial charge on any atom is -0.396 e. The maximum absolute atomic E-state index is 15.8. The van der Waals surface area contributed by atoms with Crippen LogP contribution in [0.15, 0.2) is 11.8 Å². The summed E-state index contributed by atoms with van der Waals surface area (Å²) in [6.07, 6.45) is 11.9. The lowest BCUT2D eigenvalue weighted by atomic mass is 9.65. The molecular formula is C31H49FN4O4. The van der Waals surface area contributed by atoms with Crippen molar-refractivity contribution >= 4 is 11.7 Å². The van der Waals surface area contributed by atoms with Gasteiger partial charge in [-0.2, -0.15) is 0 Å². The highest BCUT2D eigenvalue weighted by Gasteiger charge is 2.59. The molecule has 6 rings (SSSR count). The van der Waals surface area contributed by atoms with Crippen molar-refractivity contribution in [1.29, 1.82) is 0 Å². The second kappa shape index (κ2) is 12.4. The number of aliphatic hydroxyl groups is 1. The quantitative estimate of drug-likeness (QED) is 0.295. The van der Waals surface area contributed by atoms with Crippen LogP contribution in [0.2, 0.25) is 0 Å². The van der Waals surface area contributed by atoms with Crippen LogP contribution in [0.4, 0.5) is 4.39 Å². The molecule has 0 spiro atoms. The number of alkyl halides is 1. The monoisotopic (exact) mass is 560 g/mol. The fraction of sp³-hybridized carbons (Fsp3) is 0.871. The number of Topliss-reactive ketones (excluding diaryl/α,β-unsaturated/α-hetero) is 1. The predicted octanol–water partition coefficient (Wildman–Crippen LogP) is 2.55. The first-order valence-electron chi connectivity index (χ1n) is 16.1. The van der Waals surface area contributed by atoms with Crippen molar-refractivity contribution in [2.75, 3.05) is 33.3 Å². The van der Waals surface area contributed by atoms with E-state index in [0.29, 0.717) is 37.4 Å². The summed E-state index contributed by atoms with van der Waals surface area (Å²) in [5.74, 6) is 0.193. The van der Waals surface area contributed by atoms with Crippen molar-refractivity contribution in [2.45, 2.75) is 120 Å². The molecule has 10 unspecified atom stereocenters. The van der Waals surface area contributed by atoms with E-state index >= 15 is 4.39 Å². The summed E-state index contributed by atoms with van der Waals surface area (Å²) in [7, 11) is 2.13. The summed E-state index contributed by atoms with van der Waals surface area (Å²) in [6, 6.07) is -0.149. The maximum Gasteiger partial charge on any atom is 0.256 e. The molecule has 40 heavy (non-hydrogen) atoms. The molecule has 8 nitrogen and oxygen atoms in total. The van der Waals surface area contributed by atoms with E-state index < -0.39 is 24.2 Å². The van der Waals surface area contributed by atoms with Gasteiger partial charge in [-0.25, -0.2) is 4.39 Å². The second-order valence-corrected chi connectivity index (χ2v) is 13.4. The van der Waals surface area contributed by atoms with E-state index in [4.69, 9.17) is 4.74 Å². The normalized spacial score (nSPS) is 41.1. The number of carbonyl (C=O) groups excluding carboxylic acids is 2. The summed E-state index contributed by atoms with van der Waals surface area (Å²) in [5, 5.41) is 15.6. The Hall–Kier alpha value is -1.55. The van der Waals surface area contributed by atoms with Crippen LogP contribution in [-0.4, -0.2) is 102 Å². The number of nitrogens with one attached hydrogen (secondary N) is 2. The van der Waals surface area contributed by atoms with E-state index in [1.807, 2.05) is 6.20 Å². The summed E-state index contributed by atoms with van der Waals surface area (Å²) in [4.78, 5) is 31.9. The second-order valence-electron chi connectivity index (χ2n) is 13.4. The van der Waals surface area contributed by atoms with Gasteiger partial charge in [0.2, 0.25) is 0 Å². The highest BCUT2D eigenvalue weighted by atomic mass is 19.1. The molecule has 0 bridgehead atoms. The molecule has 0 aromatic carbocycles. The molecule has 0 radical (unpaired) electrons. The molecule has 3 N–H and O–H groups in total. The largest absolute Gasteiger partial charge is 0.396 e. The van der Waals surface area contributed by atoms with Crippen LogP contribution in [0, 0.1) is 17.8 Å². The predicted molar refractivity (Wildman–Crippen MR) is 150 cm³/mol. The van der Waals surface area contributed by atoms with Gasteiger partial charge in [0.15, 0.2) is 5.78 Å². The molecule has 1 amide bonds. The number of ketones is 1. The fourth-order valence-electron chi connectivity index (χ4n) is 8.99. The number of rotatable bonds is 9. The lowest BCUT2D eigenvalue weighted by molar-refractivity contribution is -0.208. The van der Waals surface area contributed by atoms with E-state index in [2.05, 4.69) is 27.5 Å². The molecule has 0 aromatic heterocycles. The Balaban J connectivity index is 1.24. The minimum absolute atomic E-state index is 0.0139. The van der Waals surface area contributed by atoms with E-state index in [-0.39, 0.29) is 48.5 Å². The molecular weight excluding hydrogens is 511 g/mol. The van der Waals surface area contributed by atoms with Crippen molar-refractivity contribution in [3.8, 4) is 0 Å². The number of fused-ring (bicyclic) bond motifs is 3. The van der Waals surface area contributed by atoms with Gasteiger partial charge in [-0.05, 0) is 83.3 Å². The molecule has 3 aliphatic heterocycles. The van der Waals surface area contributed by atoms with Crippen LogP contribution in [0.25, 0.3) is 0 Å². The fourth-order valence-corrected chi connectivity index (χ4v) is 8.99. The molecule has 3 aliphatic carbocycles. The Morgan fingerprint density at radius 2 is 1.90 bits per heavy atom. The number of morpholine rings is 1. The van der Waals surface area contributed by atoms with Crippen molar-refractivity contribution in [3.63, 3.8) is 0 Å². The zero-order valence-corrected chi connectivity index (χ0v) is 24.1. The van der Waals surface area contributed by atoms with Crippen LogP contribution in [-0.2, 0) is 14.3 Å². The average Bonchev–Trinajstić information content (AvgIpc) is 3.36. The molecule has 3 heterocycles. The minimum atomic E-state index is -1.23. The number of hydrogen-bond donors (Lipinski definition) is 3. The van der Waals surface area contributed by atoms with Gasteiger partial charge in [0.25, 0.3) is 5.91 Å². The van der Waals surface area contributed by atoms with Crippen molar-refractivity contribution < 1.29 is 23.8 Å².